The molecule has 1 aliphatic carbocycles. The summed E-state index contributed by atoms with van der Waals surface area (Å²) in [7, 11) is 0. The van der Waals surface area contributed by atoms with Crippen LogP contribution in [-0.4, -0.2) is 20.6 Å². The molecule has 1 atom stereocenters. The normalized spacial score (nSPS) is 17.4. The number of hydrogen-bond acceptors (Lipinski definition) is 4. The Labute approximate surface area is 169 Å². The SMILES string of the molecule is CC(C)c1ccccc1-n1c(SC2CCCCC2=O)nc2ccccc2c1=O. The molecule has 1 saturated carbocycles. The third-order valence-electron chi connectivity index (χ3n) is 5.29. The van der Waals surface area contributed by atoms with Crippen molar-refractivity contribution in [1.82, 2.24) is 9.55 Å². The zero-order valence-corrected chi connectivity index (χ0v) is 17.0. The number of hydrogen-bond donors (Lipinski definition) is 0. The number of thioether (sulfide) groups is 1. The van der Waals surface area contributed by atoms with Crippen molar-refractivity contribution in [1.29, 1.82) is 0 Å². The summed E-state index contributed by atoms with van der Waals surface area (Å²) in [5.74, 6) is 0.533. The number of benzene rings is 2. The van der Waals surface area contributed by atoms with Gasteiger partial charge < -0.3 is 0 Å². The molecule has 1 unspecified atom stereocenters. The molecule has 0 N–H and O–H groups in total. The van der Waals surface area contributed by atoms with Crippen LogP contribution in [0, 0.1) is 0 Å². The van der Waals surface area contributed by atoms with E-state index in [2.05, 4.69) is 19.9 Å². The average Bonchev–Trinajstić information content (AvgIpc) is 2.70. The molecular formula is C23H24N2O2S. The first-order valence-electron chi connectivity index (χ1n) is 9.86. The van der Waals surface area contributed by atoms with Crippen molar-refractivity contribution in [3.63, 3.8) is 0 Å². The number of Topliss-reactive ketones (excluding diaryl/α,β-unsaturated/α-hetero) is 1. The highest BCUT2D eigenvalue weighted by atomic mass is 32.2. The molecule has 0 spiro atoms. The largest absolute Gasteiger partial charge is 0.298 e. The average molecular weight is 393 g/mol. The first-order chi connectivity index (χ1) is 13.6. The van der Waals surface area contributed by atoms with Gasteiger partial charge in [-0.05, 0) is 42.5 Å². The van der Waals surface area contributed by atoms with E-state index in [4.69, 9.17) is 4.98 Å². The van der Waals surface area contributed by atoms with Crippen molar-refractivity contribution in [2.24, 2.45) is 0 Å². The molecule has 4 nitrogen and oxygen atoms in total. The number of para-hydroxylation sites is 2. The van der Waals surface area contributed by atoms with Crippen LogP contribution in [0.4, 0.5) is 0 Å². The van der Waals surface area contributed by atoms with Crippen molar-refractivity contribution in [2.45, 2.75) is 55.9 Å². The number of aromatic nitrogens is 2. The van der Waals surface area contributed by atoms with Crippen molar-refractivity contribution in [2.75, 3.05) is 0 Å². The Morgan fingerprint density at radius 1 is 1.04 bits per heavy atom. The molecule has 0 radical (unpaired) electrons. The van der Waals surface area contributed by atoms with Gasteiger partial charge in [0.15, 0.2) is 5.16 Å². The maximum atomic E-state index is 13.5. The number of rotatable bonds is 4. The molecule has 1 fully saturated rings. The quantitative estimate of drug-likeness (QED) is 0.579. The lowest BCUT2D eigenvalue weighted by molar-refractivity contribution is -0.119. The highest BCUT2D eigenvalue weighted by Gasteiger charge is 2.26. The van der Waals surface area contributed by atoms with Gasteiger partial charge in [0, 0.05) is 6.42 Å². The number of ketones is 1. The Kier molecular flexibility index (Phi) is 5.36. The molecule has 0 aliphatic heterocycles. The molecule has 0 bridgehead atoms. The summed E-state index contributed by atoms with van der Waals surface area (Å²) >= 11 is 1.45. The van der Waals surface area contributed by atoms with E-state index in [1.54, 1.807) is 4.57 Å². The molecule has 1 aliphatic rings. The summed E-state index contributed by atoms with van der Waals surface area (Å²) in [5, 5.41) is 1.08. The van der Waals surface area contributed by atoms with E-state index in [9.17, 15) is 9.59 Å². The standard InChI is InChI=1S/C23H24N2O2S/c1-15(2)16-9-4-6-12-19(16)25-22(27)17-10-3-5-11-18(17)24-23(25)28-21-14-8-7-13-20(21)26/h3-6,9-12,15,21H,7-8,13-14H2,1-2H3. The third-order valence-corrected chi connectivity index (χ3v) is 6.56. The van der Waals surface area contributed by atoms with Crippen molar-refractivity contribution < 1.29 is 4.79 Å². The van der Waals surface area contributed by atoms with Gasteiger partial charge in [-0.15, -0.1) is 0 Å². The second-order valence-corrected chi connectivity index (χ2v) is 8.75. The second-order valence-electron chi connectivity index (χ2n) is 7.58. The van der Waals surface area contributed by atoms with Gasteiger partial charge >= 0.3 is 0 Å². The fourth-order valence-corrected chi connectivity index (χ4v) is 5.01. The van der Waals surface area contributed by atoms with E-state index in [0.717, 1.165) is 30.5 Å². The Hall–Kier alpha value is -2.40. The molecule has 2 aromatic carbocycles. The van der Waals surface area contributed by atoms with Gasteiger partial charge in [-0.2, -0.15) is 0 Å². The minimum absolute atomic E-state index is 0.0792. The van der Waals surface area contributed by atoms with Crippen LogP contribution in [-0.2, 0) is 4.79 Å². The molecule has 1 heterocycles. The zero-order chi connectivity index (χ0) is 19.7. The van der Waals surface area contributed by atoms with E-state index in [1.165, 1.54) is 11.8 Å². The van der Waals surface area contributed by atoms with Crippen LogP contribution >= 0.6 is 11.8 Å². The highest BCUT2D eigenvalue weighted by molar-refractivity contribution is 8.00. The number of nitrogens with zero attached hydrogens (tertiary/aromatic N) is 2. The molecule has 144 valence electrons. The fourth-order valence-electron chi connectivity index (χ4n) is 3.79. The Bertz CT molecular complexity index is 1090. The summed E-state index contributed by atoms with van der Waals surface area (Å²) in [5.41, 5.74) is 2.55. The number of carbonyl (C=O) groups is 1. The molecule has 0 amide bonds. The van der Waals surface area contributed by atoms with Gasteiger partial charge in [0.1, 0.15) is 5.78 Å². The van der Waals surface area contributed by atoms with Crippen molar-refractivity contribution in [3.05, 3.63) is 64.4 Å². The van der Waals surface area contributed by atoms with Crippen LogP contribution in [0.25, 0.3) is 16.6 Å². The van der Waals surface area contributed by atoms with Gasteiger partial charge in [0.25, 0.3) is 5.56 Å². The first-order valence-corrected chi connectivity index (χ1v) is 10.7. The molecule has 3 aromatic rings. The topological polar surface area (TPSA) is 52.0 Å². The smallest absolute Gasteiger partial charge is 0.266 e. The van der Waals surface area contributed by atoms with Crippen LogP contribution < -0.4 is 5.56 Å². The maximum Gasteiger partial charge on any atom is 0.266 e. The zero-order valence-electron chi connectivity index (χ0n) is 16.2. The van der Waals surface area contributed by atoms with Crippen molar-refractivity contribution >= 4 is 28.4 Å². The maximum absolute atomic E-state index is 13.5. The van der Waals surface area contributed by atoms with Gasteiger partial charge in [-0.1, -0.05) is 62.4 Å². The van der Waals surface area contributed by atoms with Gasteiger partial charge in [0.2, 0.25) is 0 Å². The minimum atomic E-state index is -0.126. The summed E-state index contributed by atoms with van der Waals surface area (Å²) in [6, 6.07) is 15.4. The molecular weight excluding hydrogens is 368 g/mol. The van der Waals surface area contributed by atoms with Gasteiger partial charge in [-0.3, -0.25) is 14.2 Å². The second kappa shape index (κ2) is 7.92. The molecule has 4 rings (SSSR count). The Balaban J connectivity index is 1.94. The Morgan fingerprint density at radius 3 is 2.57 bits per heavy atom. The van der Waals surface area contributed by atoms with Gasteiger partial charge in [-0.25, -0.2) is 4.98 Å². The highest BCUT2D eigenvalue weighted by Crippen LogP contribution is 2.33. The lowest BCUT2D eigenvalue weighted by Crippen LogP contribution is -2.26. The van der Waals surface area contributed by atoms with Crippen LogP contribution in [0.3, 0.4) is 0 Å². The van der Waals surface area contributed by atoms with E-state index >= 15 is 0 Å². The monoisotopic (exact) mass is 392 g/mol. The molecule has 0 saturated heterocycles. The molecule has 1 aromatic heterocycles. The summed E-state index contributed by atoms with van der Waals surface area (Å²) < 4.78 is 1.71. The lowest BCUT2D eigenvalue weighted by Gasteiger charge is -2.22. The first kappa shape index (κ1) is 18.9. The van der Waals surface area contributed by atoms with E-state index in [1.807, 2.05) is 42.5 Å². The van der Waals surface area contributed by atoms with Crippen LogP contribution in [0.1, 0.15) is 51.0 Å². The number of carbonyl (C=O) groups excluding carboxylic acids is 1. The van der Waals surface area contributed by atoms with E-state index < -0.39 is 0 Å². The van der Waals surface area contributed by atoms with Crippen LogP contribution in [0.2, 0.25) is 0 Å². The predicted molar refractivity (Wildman–Crippen MR) is 115 cm³/mol. The van der Waals surface area contributed by atoms with Crippen LogP contribution in [0.5, 0.6) is 0 Å². The fraction of sp³-hybridized carbons (Fsp3) is 0.348. The summed E-state index contributed by atoms with van der Waals surface area (Å²) in [6.45, 7) is 4.24. The Morgan fingerprint density at radius 2 is 1.79 bits per heavy atom. The van der Waals surface area contributed by atoms with Crippen LogP contribution in [0.15, 0.2) is 58.5 Å². The predicted octanol–water partition coefficient (Wildman–Crippen LogP) is 5.11. The number of fused-ring (bicyclic) bond motifs is 1. The van der Waals surface area contributed by atoms with Gasteiger partial charge in [0.05, 0.1) is 21.8 Å². The minimum Gasteiger partial charge on any atom is -0.298 e. The van der Waals surface area contributed by atoms with Crippen molar-refractivity contribution in [3.8, 4) is 5.69 Å². The summed E-state index contributed by atoms with van der Waals surface area (Å²) in [6.07, 6.45) is 3.48. The molecule has 28 heavy (non-hydrogen) atoms. The third kappa shape index (κ3) is 3.51. The summed E-state index contributed by atoms with van der Waals surface area (Å²) in [4.78, 5) is 30.7. The van der Waals surface area contributed by atoms with E-state index in [-0.39, 0.29) is 22.5 Å². The van der Waals surface area contributed by atoms with E-state index in [0.29, 0.717) is 22.5 Å². The lowest BCUT2D eigenvalue weighted by atomic mass is 9.99. The molecule has 5 heteroatoms.